The van der Waals surface area contributed by atoms with Crippen LogP contribution in [0.5, 0.6) is 0 Å². The van der Waals surface area contributed by atoms with Gasteiger partial charge in [-0.15, -0.1) is 5.10 Å². The van der Waals surface area contributed by atoms with E-state index >= 15 is 0 Å². The summed E-state index contributed by atoms with van der Waals surface area (Å²) in [6.45, 7) is 11.3. The van der Waals surface area contributed by atoms with Crippen molar-refractivity contribution >= 4 is 17.7 Å². The van der Waals surface area contributed by atoms with Gasteiger partial charge in [0.25, 0.3) is 0 Å². The van der Waals surface area contributed by atoms with Crippen molar-refractivity contribution in [1.82, 2.24) is 20.2 Å². The molecule has 6 nitrogen and oxygen atoms in total. The minimum atomic E-state index is -0.476. The number of carbonyl (C=O) groups excluding carboxylic acids is 1. The first-order valence-corrected chi connectivity index (χ1v) is 6.76. The predicted molar refractivity (Wildman–Crippen MR) is 69.4 cm³/mol. The van der Waals surface area contributed by atoms with E-state index in [1.165, 1.54) is 11.8 Å². The molecule has 0 aliphatic heterocycles. The summed E-state index contributed by atoms with van der Waals surface area (Å²) in [7, 11) is 0. The van der Waals surface area contributed by atoms with Crippen molar-refractivity contribution in [3.05, 3.63) is 0 Å². The van der Waals surface area contributed by atoms with Crippen LogP contribution in [0.3, 0.4) is 0 Å². The minimum absolute atomic E-state index is 0.160. The van der Waals surface area contributed by atoms with Gasteiger partial charge in [-0.1, -0.05) is 11.8 Å². The van der Waals surface area contributed by atoms with Crippen molar-refractivity contribution < 1.29 is 9.53 Å². The molecule has 7 heteroatoms. The van der Waals surface area contributed by atoms with Crippen molar-refractivity contribution in [1.29, 1.82) is 0 Å². The molecule has 1 aromatic rings. The Morgan fingerprint density at radius 1 is 1.33 bits per heavy atom. The molecule has 0 saturated heterocycles. The van der Waals surface area contributed by atoms with E-state index in [1.54, 1.807) is 11.6 Å². The van der Waals surface area contributed by atoms with Crippen LogP contribution in [-0.4, -0.2) is 37.0 Å². The highest BCUT2D eigenvalue weighted by molar-refractivity contribution is 8.00. The molecule has 0 aliphatic rings. The SMILES string of the molecule is CC(C)n1nnnc1S[C@H](C)C(=O)OC(C)(C)C. The van der Waals surface area contributed by atoms with Gasteiger partial charge in [-0.3, -0.25) is 4.79 Å². The second-order valence-corrected chi connectivity index (χ2v) is 6.60. The first kappa shape index (κ1) is 14.9. The second-order valence-electron chi connectivity index (χ2n) is 5.29. The summed E-state index contributed by atoms with van der Waals surface area (Å²) in [6.07, 6.45) is 0. The quantitative estimate of drug-likeness (QED) is 0.617. The molecule has 1 aromatic heterocycles. The summed E-state index contributed by atoms with van der Waals surface area (Å²) in [6, 6.07) is 0.160. The molecule has 0 bridgehead atoms. The van der Waals surface area contributed by atoms with Crippen molar-refractivity contribution in [2.45, 2.75) is 63.6 Å². The number of ether oxygens (including phenoxy) is 1. The van der Waals surface area contributed by atoms with E-state index in [0.29, 0.717) is 5.16 Å². The Morgan fingerprint density at radius 2 is 1.94 bits per heavy atom. The van der Waals surface area contributed by atoms with E-state index in [-0.39, 0.29) is 17.3 Å². The van der Waals surface area contributed by atoms with Gasteiger partial charge in [0.15, 0.2) is 0 Å². The van der Waals surface area contributed by atoms with E-state index in [1.807, 2.05) is 34.6 Å². The Balaban J connectivity index is 2.67. The number of carbonyl (C=O) groups is 1. The van der Waals surface area contributed by atoms with Gasteiger partial charge in [0.2, 0.25) is 5.16 Å². The number of hydrogen-bond acceptors (Lipinski definition) is 6. The number of nitrogens with zero attached hydrogens (tertiary/aromatic N) is 4. The summed E-state index contributed by atoms with van der Waals surface area (Å²) in [5, 5.41) is 11.7. The van der Waals surface area contributed by atoms with E-state index in [9.17, 15) is 4.79 Å². The molecular formula is C11H20N4O2S. The summed E-state index contributed by atoms with van der Waals surface area (Å²) in [5.41, 5.74) is -0.476. The molecule has 18 heavy (non-hydrogen) atoms. The Labute approximate surface area is 111 Å². The molecule has 0 radical (unpaired) electrons. The Kier molecular flexibility index (Phi) is 4.72. The van der Waals surface area contributed by atoms with Crippen LogP contribution in [0.1, 0.15) is 47.6 Å². The monoisotopic (exact) mass is 272 g/mol. The fourth-order valence-electron chi connectivity index (χ4n) is 1.18. The van der Waals surface area contributed by atoms with Crippen LogP contribution < -0.4 is 0 Å². The lowest BCUT2D eigenvalue weighted by atomic mass is 10.2. The lowest BCUT2D eigenvalue weighted by Gasteiger charge is -2.21. The van der Waals surface area contributed by atoms with Crippen molar-refractivity contribution in [3.63, 3.8) is 0 Å². The highest BCUT2D eigenvalue weighted by atomic mass is 32.2. The number of hydrogen-bond donors (Lipinski definition) is 0. The minimum Gasteiger partial charge on any atom is -0.459 e. The third-order valence-corrected chi connectivity index (χ3v) is 3.00. The Morgan fingerprint density at radius 3 is 2.44 bits per heavy atom. The third kappa shape index (κ3) is 4.29. The van der Waals surface area contributed by atoms with Crippen LogP contribution in [0.15, 0.2) is 5.16 Å². The van der Waals surface area contributed by atoms with Crippen LogP contribution in [0, 0.1) is 0 Å². The van der Waals surface area contributed by atoms with Gasteiger partial charge in [-0.25, -0.2) is 4.68 Å². The van der Waals surface area contributed by atoms with Crippen LogP contribution in [0.2, 0.25) is 0 Å². The molecule has 1 atom stereocenters. The zero-order chi connectivity index (χ0) is 13.9. The molecule has 1 heterocycles. The molecule has 0 aromatic carbocycles. The van der Waals surface area contributed by atoms with Gasteiger partial charge in [0, 0.05) is 0 Å². The van der Waals surface area contributed by atoms with E-state index < -0.39 is 5.60 Å². The zero-order valence-electron chi connectivity index (χ0n) is 11.7. The van der Waals surface area contributed by atoms with Crippen LogP contribution in [-0.2, 0) is 9.53 Å². The molecule has 0 saturated carbocycles. The zero-order valence-corrected chi connectivity index (χ0v) is 12.5. The smallest absolute Gasteiger partial charge is 0.319 e. The summed E-state index contributed by atoms with van der Waals surface area (Å²) in [4.78, 5) is 11.8. The lowest BCUT2D eigenvalue weighted by Crippen LogP contribution is -2.29. The largest absolute Gasteiger partial charge is 0.459 e. The van der Waals surface area contributed by atoms with Crippen molar-refractivity contribution in [3.8, 4) is 0 Å². The molecular weight excluding hydrogens is 252 g/mol. The fourth-order valence-corrected chi connectivity index (χ4v) is 2.08. The summed E-state index contributed by atoms with van der Waals surface area (Å²) in [5.74, 6) is -0.259. The highest BCUT2D eigenvalue weighted by Gasteiger charge is 2.24. The number of tetrazole rings is 1. The van der Waals surface area contributed by atoms with Gasteiger partial charge < -0.3 is 4.74 Å². The fraction of sp³-hybridized carbons (Fsp3) is 0.818. The summed E-state index contributed by atoms with van der Waals surface area (Å²) < 4.78 is 7.00. The van der Waals surface area contributed by atoms with Crippen LogP contribution >= 0.6 is 11.8 Å². The molecule has 0 N–H and O–H groups in total. The molecule has 102 valence electrons. The van der Waals surface area contributed by atoms with Gasteiger partial charge in [0.05, 0.1) is 6.04 Å². The van der Waals surface area contributed by atoms with E-state index in [2.05, 4.69) is 15.5 Å². The lowest BCUT2D eigenvalue weighted by molar-refractivity contribution is -0.153. The van der Waals surface area contributed by atoms with Gasteiger partial charge in [-0.05, 0) is 52.0 Å². The molecule has 0 spiro atoms. The number of thioether (sulfide) groups is 1. The van der Waals surface area contributed by atoms with E-state index in [4.69, 9.17) is 4.74 Å². The van der Waals surface area contributed by atoms with Crippen LogP contribution in [0.4, 0.5) is 0 Å². The Bertz CT molecular complexity index is 411. The van der Waals surface area contributed by atoms with Crippen molar-refractivity contribution in [2.24, 2.45) is 0 Å². The van der Waals surface area contributed by atoms with Gasteiger partial charge >= 0.3 is 5.97 Å². The maximum Gasteiger partial charge on any atom is 0.319 e. The molecule has 0 amide bonds. The molecule has 0 unspecified atom stereocenters. The maximum atomic E-state index is 11.8. The third-order valence-electron chi connectivity index (χ3n) is 1.97. The number of esters is 1. The normalized spacial score (nSPS) is 13.7. The van der Waals surface area contributed by atoms with Crippen LogP contribution in [0.25, 0.3) is 0 Å². The standard InChI is InChI=1S/C11H20N4O2S/c1-7(2)15-10(12-13-14-15)18-8(3)9(16)17-11(4,5)6/h7-8H,1-6H3/t8-/m1/s1. The number of rotatable bonds is 4. The number of aromatic nitrogens is 4. The second kappa shape index (κ2) is 5.69. The topological polar surface area (TPSA) is 69.9 Å². The predicted octanol–water partition coefficient (Wildman–Crippen LogP) is 2.08. The average Bonchev–Trinajstić information content (AvgIpc) is 2.62. The molecule has 0 fully saturated rings. The summed E-state index contributed by atoms with van der Waals surface area (Å²) >= 11 is 1.31. The first-order chi connectivity index (χ1) is 8.20. The highest BCUT2D eigenvalue weighted by Crippen LogP contribution is 2.24. The van der Waals surface area contributed by atoms with Gasteiger partial charge in [0.1, 0.15) is 10.9 Å². The van der Waals surface area contributed by atoms with Crippen molar-refractivity contribution in [2.75, 3.05) is 0 Å². The van der Waals surface area contributed by atoms with E-state index in [0.717, 1.165) is 0 Å². The molecule has 0 aliphatic carbocycles. The van der Waals surface area contributed by atoms with Gasteiger partial charge in [-0.2, -0.15) is 0 Å². The maximum absolute atomic E-state index is 11.8. The molecule has 1 rings (SSSR count). The average molecular weight is 272 g/mol. The Hall–Kier alpha value is -1.11. The first-order valence-electron chi connectivity index (χ1n) is 5.88.